The van der Waals surface area contributed by atoms with Gasteiger partial charge in [-0.3, -0.25) is 4.99 Å². The third-order valence-corrected chi connectivity index (χ3v) is 3.89. The number of guanidine groups is 1. The fourth-order valence-corrected chi connectivity index (χ4v) is 2.44. The number of oxazole rings is 1. The first-order valence-electron chi connectivity index (χ1n) is 7.93. The van der Waals surface area contributed by atoms with Gasteiger partial charge in [0.05, 0.1) is 12.2 Å². The molecule has 0 aliphatic carbocycles. The fraction of sp³-hybridized carbons (Fsp3) is 0.444. The molecule has 2 N–H and O–H groups in total. The van der Waals surface area contributed by atoms with E-state index in [1.54, 1.807) is 7.05 Å². The normalized spacial score (nSPS) is 11.6. The smallest absolute Gasteiger partial charge is 0.214 e. The first-order chi connectivity index (χ1) is 11.0. The number of aliphatic imine (C=N–C) groups is 1. The summed E-state index contributed by atoms with van der Waals surface area (Å²) in [6.45, 7) is 9.49. The zero-order valence-corrected chi connectivity index (χ0v) is 14.7. The Balaban J connectivity index is 1.81. The second-order valence-corrected chi connectivity index (χ2v) is 5.78. The molecular formula is C18H26N4O. The highest BCUT2D eigenvalue weighted by atomic mass is 16.4. The summed E-state index contributed by atoms with van der Waals surface area (Å²) >= 11 is 0. The number of hydrogen-bond donors (Lipinski definition) is 2. The highest BCUT2D eigenvalue weighted by Crippen LogP contribution is 2.10. The Kier molecular flexibility index (Phi) is 5.79. The molecule has 0 atom stereocenters. The molecule has 2 rings (SSSR count). The highest BCUT2D eigenvalue weighted by molar-refractivity contribution is 5.79. The molecule has 2 aromatic rings. The molecule has 1 heterocycles. The van der Waals surface area contributed by atoms with Crippen LogP contribution in [-0.2, 0) is 13.0 Å². The van der Waals surface area contributed by atoms with Crippen molar-refractivity contribution in [3.8, 4) is 0 Å². The van der Waals surface area contributed by atoms with Gasteiger partial charge in [-0.05, 0) is 45.2 Å². The van der Waals surface area contributed by atoms with E-state index in [1.807, 2.05) is 13.8 Å². The second kappa shape index (κ2) is 7.81. The van der Waals surface area contributed by atoms with E-state index in [0.29, 0.717) is 12.4 Å². The first-order valence-corrected chi connectivity index (χ1v) is 7.93. The molecule has 5 nitrogen and oxygen atoms in total. The van der Waals surface area contributed by atoms with Gasteiger partial charge < -0.3 is 15.1 Å². The van der Waals surface area contributed by atoms with Crippen molar-refractivity contribution >= 4 is 5.96 Å². The van der Waals surface area contributed by atoms with Crippen molar-refractivity contribution in [3.63, 3.8) is 0 Å². The quantitative estimate of drug-likeness (QED) is 0.658. The number of aromatic nitrogens is 1. The molecule has 0 saturated carbocycles. The molecule has 124 valence electrons. The summed E-state index contributed by atoms with van der Waals surface area (Å²) in [5.74, 6) is 2.29. The lowest BCUT2D eigenvalue weighted by Gasteiger charge is -2.12. The molecule has 0 amide bonds. The molecule has 0 aliphatic heterocycles. The number of aryl methyl sites for hydroxylation is 4. The number of benzene rings is 1. The van der Waals surface area contributed by atoms with Crippen LogP contribution >= 0.6 is 0 Å². The first kappa shape index (κ1) is 17.1. The number of hydrogen-bond acceptors (Lipinski definition) is 3. The Morgan fingerprint density at radius 3 is 2.57 bits per heavy atom. The van der Waals surface area contributed by atoms with E-state index in [1.165, 1.54) is 16.7 Å². The Morgan fingerprint density at radius 2 is 1.96 bits per heavy atom. The zero-order valence-electron chi connectivity index (χ0n) is 14.7. The third kappa shape index (κ3) is 4.84. The largest absolute Gasteiger partial charge is 0.444 e. The Labute approximate surface area is 138 Å². The maximum Gasteiger partial charge on any atom is 0.214 e. The summed E-state index contributed by atoms with van der Waals surface area (Å²) in [4.78, 5) is 8.58. The average molecular weight is 314 g/mol. The van der Waals surface area contributed by atoms with Crippen molar-refractivity contribution in [2.24, 2.45) is 4.99 Å². The van der Waals surface area contributed by atoms with Crippen molar-refractivity contribution in [1.29, 1.82) is 0 Å². The van der Waals surface area contributed by atoms with Gasteiger partial charge in [-0.2, -0.15) is 0 Å². The number of nitrogens with one attached hydrogen (secondary N) is 2. The van der Waals surface area contributed by atoms with Crippen LogP contribution in [0, 0.1) is 27.7 Å². The van der Waals surface area contributed by atoms with E-state index in [9.17, 15) is 0 Å². The van der Waals surface area contributed by atoms with Gasteiger partial charge in [0, 0.05) is 13.6 Å². The Bertz CT molecular complexity index is 669. The SMILES string of the molecule is CN=C(NCCc1ccc(C)cc1C)NCc1nc(C)c(C)o1. The van der Waals surface area contributed by atoms with E-state index in [2.05, 4.69) is 52.7 Å². The van der Waals surface area contributed by atoms with E-state index in [4.69, 9.17) is 4.42 Å². The summed E-state index contributed by atoms with van der Waals surface area (Å²) in [5, 5.41) is 6.54. The summed E-state index contributed by atoms with van der Waals surface area (Å²) in [7, 11) is 1.76. The van der Waals surface area contributed by atoms with Gasteiger partial charge in [-0.1, -0.05) is 23.8 Å². The monoisotopic (exact) mass is 314 g/mol. The van der Waals surface area contributed by atoms with Crippen LogP contribution in [0.4, 0.5) is 0 Å². The van der Waals surface area contributed by atoms with Gasteiger partial charge in [-0.15, -0.1) is 0 Å². The summed E-state index contributed by atoms with van der Waals surface area (Å²) in [6.07, 6.45) is 0.962. The van der Waals surface area contributed by atoms with Crippen LogP contribution in [0.2, 0.25) is 0 Å². The van der Waals surface area contributed by atoms with Crippen molar-refractivity contribution in [3.05, 3.63) is 52.2 Å². The zero-order chi connectivity index (χ0) is 16.8. The lowest BCUT2D eigenvalue weighted by molar-refractivity contribution is 0.464. The Hall–Kier alpha value is -2.30. The molecule has 0 aliphatic rings. The van der Waals surface area contributed by atoms with Crippen molar-refractivity contribution in [2.75, 3.05) is 13.6 Å². The van der Waals surface area contributed by atoms with E-state index in [-0.39, 0.29) is 0 Å². The molecule has 0 unspecified atom stereocenters. The summed E-state index contributed by atoms with van der Waals surface area (Å²) in [6, 6.07) is 6.57. The molecule has 5 heteroatoms. The van der Waals surface area contributed by atoms with Gasteiger partial charge in [-0.25, -0.2) is 4.98 Å². The second-order valence-electron chi connectivity index (χ2n) is 5.78. The minimum Gasteiger partial charge on any atom is -0.444 e. The predicted octanol–water partition coefficient (Wildman–Crippen LogP) is 2.82. The third-order valence-electron chi connectivity index (χ3n) is 3.89. The fourth-order valence-electron chi connectivity index (χ4n) is 2.44. The van der Waals surface area contributed by atoms with Crippen LogP contribution < -0.4 is 10.6 Å². The lowest BCUT2D eigenvalue weighted by atomic mass is 10.0. The molecule has 23 heavy (non-hydrogen) atoms. The van der Waals surface area contributed by atoms with E-state index in [0.717, 1.165) is 30.4 Å². The molecule has 1 aromatic carbocycles. The van der Waals surface area contributed by atoms with Crippen LogP contribution in [0.25, 0.3) is 0 Å². The number of rotatable bonds is 5. The van der Waals surface area contributed by atoms with Crippen molar-refractivity contribution in [1.82, 2.24) is 15.6 Å². The van der Waals surface area contributed by atoms with E-state index < -0.39 is 0 Å². The lowest BCUT2D eigenvalue weighted by Crippen LogP contribution is -2.38. The van der Waals surface area contributed by atoms with Crippen LogP contribution in [0.1, 0.15) is 34.0 Å². The van der Waals surface area contributed by atoms with Gasteiger partial charge in [0.2, 0.25) is 5.89 Å². The number of nitrogens with zero attached hydrogens (tertiary/aromatic N) is 2. The van der Waals surface area contributed by atoms with Crippen LogP contribution in [0.15, 0.2) is 27.6 Å². The molecule has 0 spiro atoms. The molecule has 0 radical (unpaired) electrons. The van der Waals surface area contributed by atoms with Gasteiger partial charge in [0.15, 0.2) is 5.96 Å². The van der Waals surface area contributed by atoms with Crippen LogP contribution in [0.5, 0.6) is 0 Å². The minimum atomic E-state index is 0.526. The van der Waals surface area contributed by atoms with E-state index >= 15 is 0 Å². The summed E-state index contributed by atoms with van der Waals surface area (Å²) < 4.78 is 5.55. The van der Waals surface area contributed by atoms with Gasteiger partial charge in [0.25, 0.3) is 0 Å². The van der Waals surface area contributed by atoms with Gasteiger partial charge >= 0.3 is 0 Å². The van der Waals surface area contributed by atoms with Crippen molar-refractivity contribution in [2.45, 2.75) is 40.7 Å². The molecular weight excluding hydrogens is 288 g/mol. The van der Waals surface area contributed by atoms with Gasteiger partial charge in [0.1, 0.15) is 5.76 Å². The maximum absolute atomic E-state index is 5.55. The summed E-state index contributed by atoms with van der Waals surface area (Å²) in [5.41, 5.74) is 4.92. The maximum atomic E-state index is 5.55. The molecule has 0 fully saturated rings. The van der Waals surface area contributed by atoms with Crippen LogP contribution in [0.3, 0.4) is 0 Å². The van der Waals surface area contributed by atoms with Crippen LogP contribution in [-0.4, -0.2) is 24.5 Å². The molecule has 1 aromatic heterocycles. The minimum absolute atomic E-state index is 0.526. The Morgan fingerprint density at radius 1 is 1.17 bits per heavy atom. The molecule has 0 saturated heterocycles. The predicted molar refractivity (Wildman–Crippen MR) is 93.8 cm³/mol. The molecule has 0 bridgehead atoms. The highest BCUT2D eigenvalue weighted by Gasteiger charge is 2.06. The standard InChI is InChI=1S/C18H26N4O/c1-12-6-7-16(13(2)10-12)8-9-20-18(19-5)21-11-17-22-14(3)15(4)23-17/h6-7,10H,8-9,11H2,1-5H3,(H2,19,20,21). The average Bonchev–Trinajstić information content (AvgIpc) is 2.83. The topological polar surface area (TPSA) is 62.5 Å². The van der Waals surface area contributed by atoms with Crippen molar-refractivity contribution < 1.29 is 4.42 Å².